The Morgan fingerprint density at radius 2 is 2.00 bits per heavy atom. The van der Waals surface area contributed by atoms with Gasteiger partial charge in [-0.2, -0.15) is 9.78 Å². The topological polar surface area (TPSA) is 72.7 Å². The molecule has 0 saturated heterocycles. The van der Waals surface area contributed by atoms with Crippen molar-refractivity contribution in [1.29, 1.82) is 0 Å². The molecule has 124 valence electrons. The fourth-order valence-electron chi connectivity index (χ4n) is 2.07. The van der Waals surface area contributed by atoms with Crippen LogP contribution in [0.5, 0.6) is 0 Å². The second kappa shape index (κ2) is 7.45. The molecule has 0 radical (unpaired) electrons. The van der Waals surface area contributed by atoms with Crippen LogP contribution in [0, 0.1) is 5.82 Å². The van der Waals surface area contributed by atoms with Gasteiger partial charge in [-0.1, -0.05) is 26.5 Å². The third-order valence-corrected chi connectivity index (χ3v) is 3.26. The summed E-state index contributed by atoms with van der Waals surface area (Å²) in [6, 6.07) is 9.19. The van der Waals surface area contributed by atoms with Crippen molar-refractivity contribution in [2.75, 3.05) is 5.32 Å². The Morgan fingerprint density at radius 3 is 2.75 bits per heavy atom. The molecule has 0 aliphatic carbocycles. The molecule has 0 aliphatic heterocycles. The Balaban J connectivity index is 0.00000208. The summed E-state index contributed by atoms with van der Waals surface area (Å²) in [4.78, 5) is 20.7. The molecule has 24 heavy (non-hydrogen) atoms. The molecule has 3 rings (SSSR count). The van der Waals surface area contributed by atoms with Gasteiger partial charge in [-0.15, -0.1) is 0 Å². The van der Waals surface area contributed by atoms with Crippen molar-refractivity contribution in [3.63, 3.8) is 0 Å². The Labute approximate surface area is 139 Å². The molecule has 3 aromatic rings. The predicted molar refractivity (Wildman–Crippen MR) is 89.6 cm³/mol. The van der Waals surface area contributed by atoms with E-state index in [1.165, 1.54) is 29.1 Å². The van der Waals surface area contributed by atoms with Crippen molar-refractivity contribution in [2.24, 2.45) is 0 Å². The van der Waals surface area contributed by atoms with Crippen molar-refractivity contribution in [3.05, 3.63) is 65.9 Å². The Kier molecular flexibility index (Phi) is 5.36. The molecule has 0 atom stereocenters. The maximum Gasteiger partial charge on any atom is 0.259 e. The van der Waals surface area contributed by atoms with Gasteiger partial charge in [0.05, 0.1) is 11.8 Å². The van der Waals surface area contributed by atoms with E-state index in [1.54, 1.807) is 18.3 Å². The molecule has 0 aliphatic rings. The smallest absolute Gasteiger partial charge is 0.259 e. The van der Waals surface area contributed by atoms with Crippen LogP contribution < -0.4 is 5.32 Å². The minimum absolute atomic E-state index is 0. The van der Waals surface area contributed by atoms with Crippen molar-refractivity contribution in [1.82, 2.24) is 19.7 Å². The summed E-state index contributed by atoms with van der Waals surface area (Å²) in [5, 5.41) is 6.74. The first-order valence-corrected chi connectivity index (χ1v) is 7.11. The number of halogens is 1. The number of amides is 1. The molecule has 7 heteroatoms. The molecule has 2 heterocycles. The third kappa shape index (κ3) is 3.45. The van der Waals surface area contributed by atoms with Crippen molar-refractivity contribution < 1.29 is 9.18 Å². The van der Waals surface area contributed by atoms with Gasteiger partial charge in [0.25, 0.3) is 11.9 Å². The van der Waals surface area contributed by atoms with Crippen LogP contribution in [0.2, 0.25) is 0 Å². The molecule has 0 unspecified atom stereocenters. The van der Waals surface area contributed by atoms with Gasteiger partial charge < -0.3 is 5.32 Å². The molecule has 1 N–H and O–H groups in total. The van der Waals surface area contributed by atoms with Crippen LogP contribution in [0.15, 0.2) is 48.8 Å². The number of carbonyl (C=O) groups excluding carboxylic acids is 1. The molecule has 0 spiro atoms. The first-order valence-electron chi connectivity index (χ1n) is 7.11. The predicted octanol–water partition coefficient (Wildman–Crippen LogP) is 3.25. The first kappa shape index (κ1) is 17.3. The van der Waals surface area contributed by atoms with E-state index in [4.69, 9.17) is 0 Å². The monoisotopic (exact) mass is 327 g/mol. The fourth-order valence-corrected chi connectivity index (χ4v) is 2.07. The lowest BCUT2D eigenvalue weighted by molar-refractivity contribution is 0.102. The van der Waals surface area contributed by atoms with Crippen LogP contribution >= 0.6 is 0 Å². The zero-order chi connectivity index (χ0) is 16.2. The number of benzene rings is 1. The van der Waals surface area contributed by atoms with Gasteiger partial charge in [0.1, 0.15) is 11.6 Å². The minimum atomic E-state index is -0.583. The fraction of sp³-hybridized carbons (Fsp3) is 0.176. The van der Waals surface area contributed by atoms with Gasteiger partial charge in [-0.3, -0.25) is 4.79 Å². The molecule has 2 aromatic heterocycles. The summed E-state index contributed by atoms with van der Waals surface area (Å²) >= 11 is 0. The average Bonchev–Trinajstić information content (AvgIpc) is 3.03. The highest BCUT2D eigenvalue weighted by atomic mass is 19.1. The van der Waals surface area contributed by atoms with Crippen LogP contribution in [0.25, 0.3) is 5.95 Å². The van der Waals surface area contributed by atoms with Crippen molar-refractivity contribution >= 4 is 11.7 Å². The minimum Gasteiger partial charge on any atom is -0.306 e. The van der Waals surface area contributed by atoms with Gasteiger partial charge in [0, 0.05) is 18.0 Å². The highest BCUT2D eigenvalue weighted by Crippen LogP contribution is 2.14. The SMILES string of the molecule is C.CCc1ccnc(-n2nccc2NC(=O)c2ccccc2F)n1. The Bertz CT molecular complexity index is 846. The summed E-state index contributed by atoms with van der Waals surface area (Å²) in [5.41, 5.74) is 0.820. The van der Waals surface area contributed by atoms with Crippen LogP contribution in [-0.2, 0) is 6.42 Å². The van der Waals surface area contributed by atoms with Crippen molar-refractivity contribution in [2.45, 2.75) is 20.8 Å². The van der Waals surface area contributed by atoms with E-state index in [0.717, 1.165) is 12.1 Å². The zero-order valence-corrected chi connectivity index (χ0v) is 12.4. The maximum absolute atomic E-state index is 13.7. The highest BCUT2D eigenvalue weighted by molar-refractivity contribution is 6.04. The number of aromatic nitrogens is 4. The lowest BCUT2D eigenvalue weighted by Crippen LogP contribution is -2.17. The molecular formula is C17H18FN5O. The normalized spacial score (nSPS) is 10.1. The molecule has 0 fully saturated rings. The van der Waals surface area contributed by atoms with Gasteiger partial charge in [0.15, 0.2) is 0 Å². The Morgan fingerprint density at radius 1 is 1.21 bits per heavy atom. The number of nitrogens with zero attached hydrogens (tertiary/aromatic N) is 4. The molecule has 0 saturated carbocycles. The van der Waals surface area contributed by atoms with E-state index < -0.39 is 11.7 Å². The molecule has 1 aromatic carbocycles. The lowest BCUT2D eigenvalue weighted by Gasteiger charge is -2.08. The van der Waals surface area contributed by atoms with E-state index >= 15 is 0 Å². The summed E-state index contributed by atoms with van der Waals surface area (Å²) in [6.07, 6.45) is 3.90. The van der Waals surface area contributed by atoms with E-state index in [0.29, 0.717) is 11.8 Å². The largest absolute Gasteiger partial charge is 0.306 e. The summed E-state index contributed by atoms with van der Waals surface area (Å²) in [5.74, 6) is -0.429. The van der Waals surface area contributed by atoms with E-state index in [1.807, 2.05) is 13.0 Å². The molecule has 6 nitrogen and oxygen atoms in total. The summed E-state index contributed by atoms with van der Waals surface area (Å²) in [7, 11) is 0. The van der Waals surface area contributed by atoms with E-state index in [9.17, 15) is 9.18 Å². The van der Waals surface area contributed by atoms with Crippen LogP contribution in [0.1, 0.15) is 30.4 Å². The van der Waals surface area contributed by atoms with Crippen LogP contribution in [-0.4, -0.2) is 25.7 Å². The third-order valence-electron chi connectivity index (χ3n) is 3.26. The number of rotatable bonds is 4. The lowest BCUT2D eigenvalue weighted by atomic mass is 10.2. The highest BCUT2D eigenvalue weighted by Gasteiger charge is 2.15. The quantitative estimate of drug-likeness (QED) is 0.798. The van der Waals surface area contributed by atoms with E-state index in [-0.39, 0.29) is 13.0 Å². The molecular weight excluding hydrogens is 309 g/mol. The van der Waals surface area contributed by atoms with Crippen molar-refractivity contribution in [3.8, 4) is 5.95 Å². The number of hydrogen-bond acceptors (Lipinski definition) is 4. The number of hydrogen-bond donors (Lipinski definition) is 1. The number of anilines is 1. The number of aryl methyl sites for hydroxylation is 1. The van der Waals surface area contributed by atoms with Gasteiger partial charge >= 0.3 is 0 Å². The second-order valence-corrected chi connectivity index (χ2v) is 4.76. The molecule has 0 bridgehead atoms. The zero-order valence-electron chi connectivity index (χ0n) is 12.4. The van der Waals surface area contributed by atoms with Crippen LogP contribution in [0.3, 0.4) is 0 Å². The van der Waals surface area contributed by atoms with Gasteiger partial charge in [-0.25, -0.2) is 14.4 Å². The molecule has 1 amide bonds. The number of nitrogens with one attached hydrogen (secondary N) is 1. The van der Waals surface area contributed by atoms with Gasteiger partial charge in [-0.05, 0) is 24.6 Å². The van der Waals surface area contributed by atoms with Crippen LogP contribution in [0.4, 0.5) is 10.2 Å². The first-order chi connectivity index (χ1) is 11.2. The summed E-state index contributed by atoms with van der Waals surface area (Å²) in [6.45, 7) is 1.98. The van der Waals surface area contributed by atoms with E-state index in [2.05, 4.69) is 20.4 Å². The van der Waals surface area contributed by atoms with Gasteiger partial charge in [0.2, 0.25) is 0 Å². The average molecular weight is 327 g/mol. The second-order valence-electron chi connectivity index (χ2n) is 4.76. The maximum atomic E-state index is 13.7. The summed E-state index contributed by atoms with van der Waals surface area (Å²) < 4.78 is 15.1. The number of carbonyl (C=O) groups is 1. The standard InChI is InChI=1S/C16H14FN5O.CH4/c1-2-11-7-9-18-16(20-11)22-14(8-10-19-22)21-15(23)12-5-3-4-6-13(12)17;/h3-10H,2H2,1H3,(H,21,23);1H4. The Hall–Kier alpha value is -3.09.